The third-order valence-electron chi connectivity index (χ3n) is 4.53. The van der Waals surface area contributed by atoms with E-state index in [-0.39, 0.29) is 12.1 Å². The molecule has 0 aromatic carbocycles. The maximum absolute atomic E-state index is 9.46. The summed E-state index contributed by atoms with van der Waals surface area (Å²) in [5.74, 6) is 1.89. The molecule has 3 nitrogen and oxygen atoms in total. The molecule has 1 aliphatic rings. The van der Waals surface area contributed by atoms with Crippen molar-refractivity contribution in [2.24, 2.45) is 11.8 Å². The van der Waals surface area contributed by atoms with Crippen LogP contribution in [0.5, 0.6) is 0 Å². The van der Waals surface area contributed by atoms with Crippen LogP contribution in [0.25, 0.3) is 0 Å². The van der Waals surface area contributed by atoms with Crippen LogP contribution in [0.3, 0.4) is 0 Å². The normalized spacial score (nSPS) is 27.2. The van der Waals surface area contributed by atoms with Gasteiger partial charge in [0.15, 0.2) is 0 Å². The molecule has 0 radical (unpaired) electrons. The highest BCUT2D eigenvalue weighted by atomic mass is 16.3. The highest BCUT2D eigenvalue weighted by Crippen LogP contribution is 2.37. The first kappa shape index (κ1) is 14.9. The molecule has 0 bridgehead atoms. The molecule has 1 saturated carbocycles. The molecular formula is C14H30N2O. The molecule has 0 aromatic heterocycles. The lowest BCUT2D eigenvalue weighted by Crippen LogP contribution is -2.46. The molecule has 2 N–H and O–H groups in total. The summed E-state index contributed by atoms with van der Waals surface area (Å²) in [6.07, 6.45) is 4.62. The van der Waals surface area contributed by atoms with Crippen molar-refractivity contribution in [1.29, 1.82) is 0 Å². The van der Waals surface area contributed by atoms with Gasteiger partial charge in [0.1, 0.15) is 0 Å². The molecule has 1 rings (SSSR count). The summed E-state index contributed by atoms with van der Waals surface area (Å²) in [7, 11) is 4.17. The van der Waals surface area contributed by atoms with E-state index in [1.54, 1.807) is 0 Å². The summed E-state index contributed by atoms with van der Waals surface area (Å²) < 4.78 is 0. The lowest BCUT2D eigenvalue weighted by atomic mass is 9.91. The molecule has 3 atom stereocenters. The fraction of sp³-hybridized carbons (Fsp3) is 1.00. The van der Waals surface area contributed by atoms with Gasteiger partial charge in [0, 0.05) is 12.1 Å². The van der Waals surface area contributed by atoms with Crippen molar-refractivity contribution in [1.82, 2.24) is 10.2 Å². The quantitative estimate of drug-likeness (QED) is 0.646. The van der Waals surface area contributed by atoms with Crippen LogP contribution in [0.4, 0.5) is 0 Å². The van der Waals surface area contributed by atoms with Crippen LogP contribution >= 0.6 is 0 Å². The minimum Gasteiger partial charge on any atom is -0.394 e. The predicted octanol–water partition coefficient (Wildman–Crippen LogP) is 1.71. The lowest BCUT2D eigenvalue weighted by molar-refractivity contribution is 0.147. The fourth-order valence-corrected chi connectivity index (χ4v) is 2.58. The van der Waals surface area contributed by atoms with Gasteiger partial charge in [-0.15, -0.1) is 0 Å². The largest absolute Gasteiger partial charge is 0.394 e. The summed E-state index contributed by atoms with van der Waals surface area (Å²) in [6.45, 7) is 7.12. The Kier molecular flexibility index (Phi) is 5.90. The van der Waals surface area contributed by atoms with Crippen LogP contribution in [0.1, 0.15) is 39.5 Å². The van der Waals surface area contributed by atoms with E-state index in [1.807, 2.05) is 7.05 Å². The van der Waals surface area contributed by atoms with Crippen molar-refractivity contribution in [3.05, 3.63) is 0 Å². The van der Waals surface area contributed by atoms with Crippen molar-refractivity contribution in [2.45, 2.75) is 45.1 Å². The monoisotopic (exact) mass is 242 g/mol. The summed E-state index contributed by atoms with van der Waals surface area (Å²) in [5.41, 5.74) is -0.0618. The lowest BCUT2D eigenvalue weighted by Gasteiger charge is -2.31. The smallest absolute Gasteiger partial charge is 0.0613 e. The Morgan fingerprint density at radius 3 is 2.53 bits per heavy atom. The molecule has 0 heterocycles. The molecule has 0 spiro atoms. The zero-order valence-corrected chi connectivity index (χ0v) is 12.0. The molecule has 3 heteroatoms. The number of nitrogens with zero attached hydrogens (tertiary/aromatic N) is 1. The van der Waals surface area contributed by atoms with Crippen molar-refractivity contribution in [3.63, 3.8) is 0 Å². The Labute approximate surface area is 107 Å². The van der Waals surface area contributed by atoms with E-state index in [2.05, 4.69) is 31.1 Å². The fourth-order valence-electron chi connectivity index (χ4n) is 2.58. The van der Waals surface area contributed by atoms with E-state index in [0.717, 1.165) is 37.6 Å². The molecule has 102 valence electrons. The minimum atomic E-state index is -0.0618. The van der Waals surface area contributed by atoms with Gasteiger partial charge in [-0.05, 0) is 58.2 Å². The highest BCUT2D eigenvalue weighted by Gasteiger charge is 2.33. The van der Waals surface area contributed by atoms with Crippen molar-refractivity contribution >= 4 is 0 Å². The number of likely N-dealkylation sites (N-methyl/N-ethyl adjacent to an activating group) is 1. The van der Waals surface area contributed by atoms with Gasteiger partial charge < -0.3 is 15.3 Å². The molecule has 1 fully saturated rings. The topological polar surface area (TPSA) is 35.5 Å². The molecule has 0 aliphatic heterocycles. The van der Waals surface area contributed by atoms with Gasteiger partial charge in [-0.2, -0.15) is 0 Å². The molecule has 17 heavy (non-hydrogen) atoms. The van der Waals surface area contributed by atoms with Crippen LogP contribution in [-0.4, -0.2) is 49.3 Å². The molecule has 3 unspecified atom stereocenters. The van der Waals surface area contributed by atoms with Gasteiger partial charge in [0.25, 0.3) is 0 Å². The zero-order chi connectivity index (χ0) is 12.9. The van der Waals surface area contributed by atoms with Gasteiger partial charge in [-0.1, -0.05) is 13.8 Å². The van der Waals surface area contributed by atoms with Crippen LogP contribution in [0.2, 0.25) is 0 Å². The minimum absolute atomic E-state index is 0.0618. The predicted molar refractivity (Wildman–Crippen MR) is 73.2 cm³/mol. The number of rotatable bonds is 9. The second-order valence-corrected chi connectivity index (χ2v) is 5.88. The maximum atomic E-state index is 9.46. The first-order valence-electron chi connectivity index (χ1n) is 7.05. The van der Waals surface area contributed by atoms with Crippen molar-refractivity contribution < 1.29 is 5.11 Å². The van der Waals surface area contributed by atoms with Gasteiger partial charge in [-0.3, -0.25) is 0 Å². The molecule has 0 aromatic rings. The Hall–Kier alpha value is -0.120. The molecule has 1 aliphatic carbocycles. The van der Waals surface area contributed by atoms with E-state index in [1.165, 1.54) is 13.0 Å². The van der Waals surface area contributed by atoms with Gasteiger partial charge >= 0.3 is 0 Å². The highest BCUT2D eigenvalue weighted by molar-refractivity contribution is 4.86. The Morgan fingerprint density at radius 1 is 1.47 bits per heavy atom. The number of hydrogen-bond donors (Lipinski definition) is 2. The van der Waals surface area contributed by atoms with E-state index < -0.39 is 0 Å². The van der Waals surface area contributed by atoms with Gasteiger partial charge in [0.05, 0.1) is 6.61 Å². The summed E-state index contributed by atoms with van der Waals surface area (Å²) >= 11 is 0. The summed E-state index contributed by atoms with van der Waals surface area (Å²) in [6, 6.07) is 0. The summed E-state index contributed by atoms with van der Waals surface area (Å²) in [4.78, 5) is 2.45. The average molecular weight is 242 g/mol. The summed E-state index contributed by atoms with van der Waals surface area (Å²) in [5, 5.41) is 12.7. The maximum Gasteiger partial charge on any atom is 0.0613 e. The number of nitrogens with one attached hydrogen (secondary N) is 1. The Balaban J connectivity index is 2.16. The van der Waals surface area contributed by atoms with E-state index in [0.29, 0.717) is 0 Å². The third-order valence-corrected chi connectivity index (χ3v) is 4.53. The van der Waals surface area contributed by atoms with Crippen LogP contribution in [0, 0.1) is 11.8 Å². The van der Waals surface area contributed by atoms with Crippen molar-refractivity contribution in [3.8, 4) is 0 Å². The Bertz CT molecular complexity index is 208. The molecular weight excluding hydrogens is 212 g/mol. The second kappa shape index (κ2) is 6.72. The average Bonchev–Trinajstić information content (AvgIpc) is 3.01. The van der Waals surface area contributed by atoms with Crippen LogP contribution in [0.15, 0.2) is 0 Å². The number of aliphatic hydroxyl groups is 1. The number of hydrogen-bond acceptors (Lipinski definition) is 3. The first-order valence-corrected chi connectivity index (χ1v) is 7.05. The van der Waals surface area contributed by atoms with Crippen molar-refractivity contribution in [2.75, 3.05) is 33.8 Å². The van der Waals surface area contributed by atoms with E-state index in [9.17, 15) is 5.11 Å². The standard InChI is InChI=1S/C14H30N2O/c1-5-14(11-17,15-3)7-6-8-16(4)10-13-9-12(13)2/h12-13,15,17H,5-11H2,1-4H3. The zero-order valence-electron chi connectivity index (χ0n) is 12.0. The molecule has 0 saturated heterocycles. The van der Waals surface area contributed by atoms with Crippen LogP contribution in [-0.2, 0) is 0 Å². The molecule has 0 amide bonds. The Morgan fingerprint density at radius 2 is 2.12 bits per heavy atom. The van der Waals surface area contributed by atoms with E-state index in [4.69, 9.17) is 0 Å². The number of aliphatic hydroxyl groups excluding tert-OH is 1. The van der Waals surface area contributed by atoms with E-state index >= 15 is 0 Å². The first-order chi connectivity index (χ1) is 8.06. The SMILES string of the molecule is CCC(CO)(CCCN(C)CC1CC1C)NC. The van der Waals surface area contributed by atoms with Gasteiger partial charge in [-0.25, -0.2) is 0 Å². The van der Waals surface area contributed by atoms with Crippen LogP contribution < -0.4 is 5.32 Å². The van der Waals surface area contributed by atoms with Gasteiger partial charge in [0.2, 0.25) is 0 Å². The third kappa shape index (κ3) is 4.57. The second-order valence-electron chi connectivity index (χ2n) is 5.88.